The Hall–Kier alpha value is -1.64. The van der Waals surface area contributed by atoms with Crippen LogP contribution in [0.25, 0.3) is 10.9 Å². The maximum absolute atomic E-state index is 12.7. The number of Topliss-reactive ketones (excluding diaryl/α,β-unsaturated/α-hetero) is 1. The first-order chi connectivity index (χ1) is 9.16. The van der Waals surface area contributed by atoms with Crippen LogP contribution in [-0.4, -0.2) is 15.6 Å². The Morgan fingerprint density at radius 1 is 1.21 bits per heavy atom. The number of aromatic nitrogens is 2. The van der Waals surface area contributed by atoms with Gasteiger partial charge in [0.05, 0.1) is 5.52 Å². The predicted molar refractivity (Wildman–Crippen MR) is 76.2 cm³/mol. The molecular weight excluding hydrogens is 236 g/mol. The Morgan fingerprint density at radius 3 is 2.63 bits per heavy atom. The second-order valence-electron chi connectivity index (χ2n) is 5.81. The van der Waals surface area contributed by atoms with E-state index in [1.165, 1.54) is 12.8 Å². The van der Waals surface area contributed by atoms with Crippen molar-refractivity contribution in [1.29, 1.82) is 0 Å². The molecule has 1 aliphatic rings. The Bertz CT molecular complexity index is 606. The average Bonchev–Trinajstić information content (AvgIpc) is 2.77. The molecule has 0 radical (unpaired) electrons. The highest BCUT2D eigenvalue weighted by Gasteiger charge is 2.28. The van der Waals surface area contributed by atoms with E-state index in [9.17, 15) is 4.79 Å². The van der Waals surface area contributed by atoms with Gasteiger partial charge in [-0.15, -0.1) is 0 Å². The van der Waals surface area contributed by atoms with E-state index in [-0.39, 0.29) is 11.7 Å². The summed E-state index contributed by atoms with van der Waals surface area (Å²) in [4.78, 5) is 12.7. The fourth-order valence-electron chi connectivity index (χ4n) is 3.11. The largest absolute Gasteiger partial charge is 0.292 e. The second-order valence-corrected chi connectivity index (χ2v) is 5.81. The summed E-state index contributed by atoms with van der Waals surface area (Å²) in [5.41, 5.74) is 1.70. The molecule has 3 heteroatoms. The van der Waals surface area contributed by atoms with Crippen LogP contribution in [0.5, 0.6) is 0 Å². The third-order valence-electron chi connectivity index (χ3n) is 4.38. The number of hydrogen-bond donors (Lipinski definition) is 0. The summed E-state index contributed by atoms with van der Waals surface area (Å²) in [5.74, 6) is 1.18. The number of carbonyl (C=O) groups excluding carboxylic acids is 1. The minimum absolute atomic E-state index is 0.175. The maximum atomic E-state index is 12.7. The molecule has 0 amide bonds. The van der Waals surface area contributed by atoms with Crippen molar-refractivity contribution < 1.29 is 4.79 Å². The van der Waals surface area contributed by atoms with Gasteiger partial charge in [0.2, 0.25) is 0 Å². The fourth-order valence-corrected chi connectivity index (χ4v) is 3.11. The Labute approximate surface area is 113 Å². The quantitative estimate of drug-likeness (QED) is 0.770. The molecule has 0 unspecified atom stereocenters. The van der Waals surface area contributed by atoms with Crippen LogP contribution in [0.4, 0.5) is 0 Å². The molecular formula is C16H20N2O. The van der Waals surface area contributed by atoms with E-state index in [2.05, 4.69) is 12.0 Å². The van der Waals surface area contributed by atoms with Gasteiger partial charge in [-0.2, -0.15) is 5.10 Å². The van der Waals surface area contributed by atoms with Crippen LogP contribution in [-0.2, 0) is 7.05 Å². The van der Waals surface area contributed by atoms with Crippen LogP contribution in [0.2, 0.25) is 0 Å². The molecule has 19 heavy (non-hydrogen) atoms. The molecule has 1 aromatic heterocycles. The SMILES string of the molecule is CC1CCC(C(=O)c2nn(C)c3ccccc23)CC1. The van der Waals surface area contributed by atoms with E-state index >= 15 is 0 Å². The monoisotopic (exact) mass is 256 g/mol. The third-order valence-corrected chi connectivity index (χ3v) is 4.38. The lowest BCUT2D eigenvalue weighted by Crippen LogP contribution is -2.21. The number of hydrogen-bond acceptors (Lipinski definition) is 2. The van der Waals surface area contributed by atoms with E-state index in [1.54, 1.807) is 0 Å². The molecule has 0 atom stereocenters. The molecule has 0 spiro atoms. The van der Waals surface area contributed by atoms with Gasteiger partial charge in [0.1, 0.15) is 5.69 Å². The molecule has 0 aliphatic heterocycles. The van der Waals surface area contributed by atoms with E-state index in [0.717, 1.165) is 29.7 Å². The summed E-state index contributed by atoms with van der Waals surface area (Å²) in [6, 6.07) is 7.98. The molecule has 0 saturated heterocycles. The Balaban J connectivity index is 1.94. The zero-order valence-corrected chi connectivity index (χ0v) is 11.6. The zero-order chi connectivity index (χ0) is 13.4. The van der Waals surface area contributed by atoms with Crippen molar-refractivity contribution in [2.75, 3.05) is 0 Å². The van der Waals surface area contributed by atoms with Crippen molar-refractivity contribution in [3.63, 3.8) is 0 Å². The zero-order valence-electron chi connectivity index (χ0n) is 11.6. The van der Waals surface area contributed by atoms with Crippen molar-refractivity contribution in [1.82, 2.24) is 9.78 Å². The van der Waals surface area contributed by atoms with Crippen LogP contribution >= 0.6 is 0 Å². The second kappa shape index (κ2) is 4.80. The van der Waals surface area contributed by atoms with E-state index < -0.39 is 0 Å². The summed E-state index contributed by atoms with van der Waals surface area (Å²) in [6.07, 6.45) is 4.37. The summed E-state index contributed by atoms with van der Waals surface area (Å²) in [7, 11) is 1.90. The Kier molecular flexibility index (Phi) is 3.13. The third kappa shape index (κ3) is 2.18. The topological polar surface area (TPSA) is 34.9 Å². The molecule has 1 saturated carbocycles. The molecule has 3 rings (SSSR count). The van der Waals surface area contributed by atoms with Gasteiger partial charge in [-0.25, -0.2) is 0 Å². The number of carbonyl (C=O) groups is 1. The number of fused-ring (bicyclic) bond motifs is 1. The van der Waals surface area contributed by atoms with Gasteiger partial charge in [0.15, 0.2) is 5.78 Å². The van der Waals surface area contributed by atoms with Crippen LogP contribution in [0.1, 0.15) is 43.1 Å². The first kappa shape index (κ1) is 12.4. The molecule has 0 bridgehead atoms. The predicted octanol–water partition coefficient (Wildman–Crippen LogP) is 3.58. The Morgan fingerprint density at radius 2 is 1.89 bits per heavy atom. The molecule has 1 aliphatic carbocycles. The van der Waals surface area contributed by atoms with Gasteiger partial charge in [-0.3, -0.25) is 9.48 Å². The minimum atomic E-state index is 0.175. The smallest absolute Gasteiger partial charge is 0.186 e. The first-order valence-electron chi connectivity index (χ1n) is 7.12. The van der Waals surface area contributed by atoms with Crippen molar-refractivity contribution in [3.8, 4) is 0 Å². The van der Waals surface area contributed by atoms with Gasteiger partial charge in [0, 0.05) is 18.4 Å². The first-order valence-corrected chi connectivity index (χ1v) is 7.12. The fraction of sp³-hybridized carbons (Fsp3) is 0.500. The molecule has 1 aromatic carbocycles. The molecule has 1 fully saturated rings. The number of ketones is 1. The van der Waals surface area contributed by atoms with Crippen LogP contribution in [0.15, 0.2) is 24.3 Å². The van der Waals surface area contributed by atoms with Crippen LogP contribution in [0.3, 0.4) is 0 Å². The normalized spacial score (nSPS) is 23.7. The number of nitrogens with zero attached hydrogens (tertiary/aromatic N) is 2. The highest BCUT2D eigenvalue weighted by molar-refractivity contribution is 6.07. The average molecular weight is 256 g/mol. The van der Waals surface area contributed by atoms with Gasteiger partial charge in [0.25, 0.3) is 0 Å². The van der Waals surface area contributed by atoms with Gasteiger partial charge in [-0.05, 0) is 24.8 Å². The van der Waals surface area contributed by atoms with Gasteiger partial charge in [-0.1, -0.05) is 38.0 Å². The lowest BCUT2D eigenvalue weighted by molar-refractivity contribution is 0.0871. The maximum Gasteiger partial charge on any atom is 0.186 e. The summed E-state index contributed by atoms with van der Waals surface area (Å²) >= 11 is 0. The summed E-state index contributed by atoms with van der Waals surface area (Å²) < 4.78 is 1.81. The molecule has 1 heterocycles. The summed E-state index contributed by atoms with van der Waals surface area (Å²) in [6.45, 7) is 2.27. The number of rotatable bonds is 2. The molecule has 3 nitrogen and oxygen atoms in total. The van der Waals surface area contributed by atoms with Crippen molar-refractivity contribution in [2.24, 2.45) is 18.9 Å². The van der Waals surface area contributed by atoms with E-state index in [4.69, 9.17) is 0 Å². The number of para-hydroxylation sites is 1. The molecule has 100 valence electrons. The molecule has 0 N–H and O–H groups in total. The van der Waals surface area contributed by atoms with E-state index in [1.807, 2.05) is 36.0 Å². The van der Waals surface area contributed by atoms with Crippen molar-refractivity contribution in [3.05, 3.63) is 30.0 Å². The summed E-state index contributed by atoms with van der Waals surface area (Å²) in [5, 5.41) is 5.45. The standard InChI is InChI=1S/C16H20N2O/c1-11-7-9-12(10-8-11)16(19)15-13-5-3-4-6-14(13)18(2)17-15/h3-6,11-12H,7-10H2,1-2H3. The van der Waals surface area contributed by atoms with Gasteiger partial charge < -0.3 is 0 Å². The number of aryl methyl sites for hydroxylation is 1. The van der Waals surface area contributed by atoms with Crippen LogP contribution < -0.4 is 0 Å². The van der Waals surface area contributed by atoms with Crippen molar-refractivity contribution >= 4 is 16.7 Å². The number of benzene rings is 1. The van der Waals surface area contributed by atoms with Crippen molar-refractivity contribution in [2.45, 2.75) is 32.6 Å². The highest BCUT2D eigenvalue weighted by Crippen LogP contribution is 2.31. The lowest BCUT2D eigenvalue weighted by Gasteiger charge is -2.24. The highest BCUT2D eigenvalue weighted by atomic mass is 16.1. The van der Waals surface area contributed by atoms with Gasteiger partial charge >= 0.3 is 0 Å². The van der Waals surface area contributed by atoms with Crippen LogP contribution in [0, 0.1) is 11.8 Å². The lowest BCUT2D eigenvalue weighted by atomic mass is 9.80. The van der Waals surface area contributed by atoms with E-state index in [0.29, 0.717) is 5.69 Å². The minimum Gasteiger partial charge on any atom is -0.292 e. The molecule has 2 aromatic rings.